The van der Waals surface area contributed by atoms with Crippen LogP contribution < -0.4 is 0 Å². The lowest BCUT2D eigenvalue weighted by Crippen LogP contribution is -2.30. The number of aliphatic hydroxyl groups excluding tert-OH is 1. The molecular formula is C74H140O17P2. The molecule has 0 aromatic heterocycles. The molecule has 0 spiro atoms. The van der Waals surface area contributed by atoms with Crippen molar-refractivity contribution in [3.63, 3.8) is 0 Å². The number of ether oxygens (including phenoxy) is 4. The van der Waals surface area contributed by atoms with Gasteiger partial charge in [0, 0.05) is 25.7 Å². The first-order chi connectivity index (χ1) is 45.1. The fraction of sp³-hybridized carbons (Fsp3) is 0.892. The molecule has 0 aliphatic heterocycles. The van der Waals surface area contributed by atoms with Gasteiger partial charge in [-0.2, -0.15) is 0 Å². The van der Waals surface area contributed by atoms with Crippen LogP contribution in [0.1, 0.15) is 362 Å². The highest BCUT2D eigenvalue weighted by Gasteiger charge is 2.30. The Balaban J connectivity index is 5.28. The van der Waals surface area contributed by atoms with Gasteiger partial charge in [0.05, 0.1) is 26.4 Å². The Morgan fingerprint density at radius 2 is 0.602 bits per heavy atom. The quantitative estimate of drug-likeness (QED) is 0.0169. The van der Waals surface area contributed by atoms with E-state index in [9.17, 15) is 43.2 Å². The molecule has 0 aliphatic rings. The lowest BCUT2D eigenvalue weighted by Gasteiger charge is -2.21. The second-order valence-corrected chi connectivity index (χ2v) is 29.1. The summed E-state index contributed by atoms with van der Waals surface area (Å²) in [5, 5.41) is 10.6. The number of hydrogen-bond acceptors (Lipinski definition) is 15. The Kier molecular flexibility index (Phi) is 65.0. The molecular weight excluding hydrogens is 1220 g/mol. The number of esters is 4. The fourth-order valence-corrected chi connectivity index (χ4v) is 12.4. The van der Waals surface area contributed by atoms with E-state index < -0.39 is 97.5 Å². The third kappa shape index (κ3) is 66.6. The Morgan fingerprint density at radius 1 is 0.344 bits per heavy atom. The van der Waals surface area contributed by atoms with E-state index in [-0.39, 0.29) is 25.7 Å². The van der Waals surface area contributed by atoms with Gasteiger partial charge in [0.25, 0.3) is 0 Å². The van der Waals surface area contributed by atoms with Crippen molar-refractivity contribution in [1.29, 1.82) is 0 Å². The number of allylic oxidation sites excluding steroid dienone is 4. The molecule has 0 amide bonds. The maximum absolute atomic E-state index is 13.1. The second-order valence-electron chi connectivity index (χ2n) is 26.2. The summed E-state index contributed by atoms with van der Waals surface area (Å²) in [5.41, 5.74) is 0. The van der Waals surface area contributed by atoms with E-state index >= 15 is 0 Å². The van der Waals surface area contributed by atoms with Gasteiger partial charge in [-0.05, 0) is 57.3 Å². The van der Waals surface area contributed by atoms with Crippen molar-refractivity contribution in [2.75, 3.05) is 39.6 Å². The lowest BCUT2D eigenvalue weighted by atomic mass is 9.99. The van der Waals surface area contributed by atoms with Crippen LogP contribution >= 0.6 is 15.6 Å². The van der Waals surface area contributed by atoms with Crippen LogP contribution in [0.4, 0.5) is 0 Å². The molecule has 93 heavy (non-hydrogen) atoms. The van der Waals surface area contributed by atoms with Crippen molar-refractivity contribution in [2.45, 2.75) is 380 Å². The van der Waals surface area contributed by atoms with Crippen LogP contribution in [0.25, 0.3) is 0 Å². The molecule has 17 nitrogen and oxygen atoms in total. The number of carbonyl (C=O) groups is 4. The van der Waals surface area contributed by atoms with E-state index in [2.05, 4.69) is 58.9 Å². The van der Waals surface area contributed by atoms with E-state index in [1.165, 1.54) is 173 Å². The molecule has 0 aliphatic carbocycles. The van der Waals surface area contributed by atoms with E-state index in [0.29, 0.717) is 25.7 Å². The summed E-state index contributed by atoms with van der Waals surface area (Å²) in [4.78, 5) is 72.7. The third-order valence-corrected chi connectivity index (χ3v) is 18.9. The minimum absolute atomic E-state index is 0.0857. The van der Waals surface area contributed by atoms with Crippen LogP contribution in [0, 0.1) is 5.92 Å². The maximum atomic E-state index is 13.1. The topological polar surface area (TPSA) is 237 Å². The number of aliphatic hydroxyl groups is 1. The van der Waals surface area contributed by atoms with Gasteiger partial charge in [0.1, 0.15) is 19.3 Å². The van der Waals surface area contributed by atoms with Gasteiger partial charge in [0.2, 0.25) is 0 Å². The first-order valence-electron chi connectivity index (χ1n) is 38.0. The molecule has 0 radical (unpaired) electrons. The number of phosphoric ester groups is 2. The predicted octanol–water partition coefficient (Wildman–Crippen LogP) is 21.2. The van der Waals surface area contributed by atoms with Gasteiger partial charge in [-0.25, -0.2) is 9.13 Å². The molecule has 0 bridgehead atoms. The largest absolute Gasteiger partial charge is 0.472 e. The van der Waals surface area contributed by atoms with Crippen molar-refractivity contribution in [2.24, 2.45) is 5.92 Å². The smallest absolute Gasteiger partial charge is 0.462 e. The van der Waals surface area contributed by atoms with Gasteiger partial charge in [-0.1, -0.05) is 309 Å². The van der Waals surface area contributed by atoms with E-state index in [1.54, 1.807) is 0 Å². The number of phosphoric acid groups is 2. The minimum Gasteiger partial charge on any atom is -0.462 e. The van der Waals surface area contributed by atoms with Crippen molar-refractivity contribution in [3.05, 3.63) is 24.3 Å². The van der Waals surface area contributed by atoms with Crippen LogP contribution in [0.3, 0.4) is 0 Å². The molecule has 0 rings (SSSR count). The molecule has 0 fully saturated rings. The van der Waals surface area contributed by atoms with Gasteiger partial charge >= 0.3 is 39.5 Å². The minimum atomic E-state index is -4.96. The van der Waals surface area contributed by atoms with E-state index in [0.717, 1.165) is 109 Å². The van der Waals surface area contributed by atoms with Crippen LogP contribution in [0.2, 0.25) is 0 Å². The highest BCUT2D eigenvalue weighted by molar-refractivity contribution is 7.47. The summed E-state index contributed by atoms with van der Waals surface area (Å²) in [6, 6.07) is 0. The van der Waals surface area contributed by atoms with Gasteiger partial charge in [-0.15, -0.1) is 0 Å². The maximum Gasteiger partial charge on any atom is 0.472 e. The van der Waals surface area contributed by atoms with Crippen molar-refractivity contribution >= 4 is 39.5 Å². The molecule has 0 saturated carbocycles. The van der Waals surface area contributed by atoms with Crippen molar-refractivity contribution in [3.8, 4) is 0 Å². The van der Waals surface area contributed by atoms with E-state index in [1.807, 2.05) is 0 Å². The first-order valence-corrected chi connectivity index (χ1v) is 41.0. The third-order valence-electron chi connectivity index (χ3n) is 17.0. The zero-order valence-electron chi connectivity index (χ0n) is 59.9. The standard InChI is InChI=1S/C74H140O17P2/c1-6-10-13-16-19-22-24-26-28-30-32-38-43-48-53-58-72(77)85-64-70(90-73(78)59-54-49-44-39-33-31-29-27-25-23-20-17-14-11-7-2)66-89-93(82,83)87-62-68(75)61-86-92(80,81)88-65-69(63-84-71(76)57-52-47-42-36-21-18-15-12-8-3)91-74(79)60-55-50-45-40-35-34-37-41-46-51-56-67(5)9-4/h23,25,27,29,67-70,75H,6-22,24,26,28,30-66H2,1-5H3,(H,80,81)(H,82,83)/b25-23-,29-27-/t67?,68-,69+,70+/m0/s1. The van der Waals surface area contributed by atoms with Gasteiger partial charge in [0.15, 0.2) is 12.2 Å². The highest BCUT2D eigenvalue weighted by Crippen LogP contribution is 2.45. The number of rotatable bonds is 72. The highest BCUT2D eigenvalue weighted by atomic mass is 31.2. The van der Waals surface area contributed by atoms with Crippen molar-refractivity contribution in [1.82, 2.24) is 0 Å². The summed E-state index contributed by atoms with van der Waals surface area (Å²) in [6.07, 6.45) is 57.5. The summed E-state index contributed by atoms with van der Waals surface area (Å²) in [5.74, 6) is -1.35. The monoisotopic (exact) mass is 1360 g/mol. The van der Waals surface area contributed by atoms with Crippen LogP contribution in [-0.2, 0) is 65.4 Å². The van der Waals surface area contributed by atoms with Crippen LogP contribution in [0.15, 0.2) is 24.3 Å². The summed E-state index contributed by atoms with van der Waals surface area (Å²) in [7, 11) is -9.92. The molecule has 6 atom stereocenters. The molecule has 548 valence electrons. The zero-order valence-corrected chi connectivity index (χ0v) is 61.7. The average molecular weight is 1360 g/mol. The van der Waals surface area contributed by atoms with Crippen LogP contribution in [0.5, 0.6) is 0 Å². The fourth-order valence-electron chi connectivity index (χ4n) is 10.8. The molecule has 0 aromatic carbocycles. The zero-order chi connectivity index (χ0) is 68.4. The number of carbonyl (C=O) groups excluding carboxylic acids is 4. The normalized spacial score (nSPS) is 14.5. The Bertz CT molecular complexity index is 1880. The summed E-state index contributed by atoms with van der Waals surface area (Å²) < 4.78 is 68.4. The van der Waals surface area contributed by atoms with Crippen LogP contribution in [-0.4, -0.2) is 96.7 Å². The van der Waals surface area contributed by atoms with Crippen molar-refractivity contribution < 1.29 is 80.2 Å². The first kappa shape index (κ1) is 90.5. The SMILES string of the molecule is CCCCCC/C=C\C=C/CCCCCCCC(=O)O[C@H](COC(=O)CCCCCCCCCCCCCCCCC)COP(=O)(O)OC[C@@H](O)COP(=O)(O)OC[C@@H](COC(=O)CCCCCCCCCCC)OC(=O)CCCCCCCCCCCCC(C)CC. The molecule has 3 unspecified atom stereocenters. The van der Waals surface area contributed by atoms with Gasteiger partial charge in [-0.3, -0.25) is 37.3 Å². The molecule has 3 N–H and O–H groups in total. The molecule has 0 heterocycles. The Labute approximate surface area is 567 Å². The predicted molar refractivity (Wildman–Crippen MR) is 377 cm³/mol. The number of hydrogen-bond donors (Lipinski definition) is 3. The van der Waals surface area contributed by atoms with E-state index in [4.69, 9.17) is 37.0 Å². The number of unbranched alkanes of at least 4 members (excludes halogenated alkanes) is 40. The average Bonchev–Trinajstić information content (AvgIpc) is 3.75. The van der Waals surface area contributed by atoms with Gasteiger partial charge < -0.3 is 33.8 Å². The molecule has 0 aromatic rings. The molecule has 19 heteroatoms. The summed E-state index contributed by atoms with van der Waals surface area (Å²) in [6.45, 7) is 7.22. The lowest BCUT2D eigenvalue weighted by molar-refractivity contribution is -0.161. The Hall–Kier alpha value is -2.46. The Morgan fingerprint density at radius 3 is 0.914 bits per heavy atom. The summed E-state index contributed by atoms with van der Waals surface area (Å²) >= 11 is 0. The molecule has 0 saturated heterocycles. The second kappa shape index (κ2) is 66.8.